The monoisotopic (exact) mass is 340 g/mol. The van der Waals surface area contributed by atoms with Gasteiger partial charge in [0.25, 0.3) is 0 Å². The summed E-state index contributed by atoms with van der Waals surface area (Å²) in [6, 6.07) is 4.07. The molecule has 0 aliphatic rings. The van der Waals surface area contributed by atoms with Crippen LogP contribution in [0, 0.1) is 20.8 Å². The van der Waals surface area contributed by atoms with E-state index in [4.69, 9.17) is 5.11 Å². The lowest BCUT2D eigenvalue weighted by atomic mass is 10.1. The van der Waals surface area contributed by atoms with E-state index in [1.807, 2.05) is 19.9 Å². The standard InChI is InChI=1S/C13H13BrN2O2S/c1-6-4-7(2)10(9(14)5-6)16-13-15-8(3)11(19-13)12(17)18/h4-5H,1-3H3,(H,15,16)(H,17,18). The molecule has 0 aliphatic heterocycles. The lowest BCUT2D eigenvalue weighted by Crippen LogP contribution is -1.95. The molecule has 2 rings (SSSR count). The third-order valence-electron chi connectivity index (χ3n) is 2.65. The molecule has 0 atom stereocenters. The van der Waals surface area contributed by atoms with Crippen LogP contribution >= 0.6 is 27.3 Å². The van der Waals surface area contributed by atoms with Crippen LogP contribution in [0.5, 0.6) is 0 Å². The number of aryl methyl sites for hydroxylation is 3. The number of hydrogen-bond donors (Lipinski definition) is 2. The molecule has 4 nitrogen and oxygen atoms in total. The number of benzene rings is 1. The number of carbonyl (C=O) groups is 1. The summed E-state index contributed by atoms with van der Waals surface area (Å²) >= 11 is 4.65. The number of rotatable bonds is 3. The molecule has 0 radical (unpaired) electrons. The van der Waals surface area contributed by atoms with Crippen LogP contribution in [0.4, 0.5) is 10.8 Å². The summed E-state index contributed by atoms with van der Waals surface area (Å²) in [5, 5.41) is 12.8. The van der Waals surface area contributed by atoms with Gasteiger partial charge in [0.2, 0.25) is 0 Å². The van der Waals surface area contributed by atoms with Gasteiger partial charge in [-0.3, -0.25) is 0 Å². The van der Waals surface area contributed by atoms with E-state index in [2.05, 4.69) is 32.3 Å². The molecule has 0 aliphatic carbocycles. The number of nitrogens with zero attached hydrogens (tertiary/aromatic N) is 1. The molecule has 6 heteroatoms. The highest BCUT2D eigenvalue weighted by molar-refractivity contribution is 9.10. The Hall–Kier alpha value is -1.40. The zero-order valence-electron chi connectivity index (χ0n) is 10.7. The van der Waals surface area contributed by atoms with Gasteiger partial charge in [-0.15, -0.1) is 0 Å². The maximum absolute atomic E-state index is 11.0. The fourth-order valence-corrected chi connectivity index (χ4v) is 3.41. The minimum Gasteiger partial charge on any atom is -0.477 e. The number of anilines is 2. The summed E-state index contributed by atoms with van der Waals surface area (Å²) in [5.41, 5.74) is 3.69. The molecular weight excluding hydrogens is 328 g/mol. The van der Waals surface area contributed by atoms with Gasteiger partial charge >= 0.3 is 5.97 Å². The van der Waals surface area contributed by atoms with Gasteiger partial charge in [0.15, 0.2) is 5.13 Å². The Balaban J connectivity index is 2.37. The fourth-order valence-electron chi connectivity index (χ4n) is 1.83. The van der Waals surface area contributed by atoms with Gasteiger partial charge in [0.05, 0.1) is 11.4 Å². The second-order valence-electron chi connectivity index (χ2n) is 4.30. The molecule has 100 valence electrons. The Morgan fingerprint density at radius 3 is 2.58 bits per heavy atom. The quantitative estimate of drug-likeness (QED) is 0.875. The SMILES string of the molecule is Cc1cc(C)c(Nc2nc(C)c(C(=O)O)s2)c(Br)c1. The molecule has 2 N–H and O–H groups in total. The van der Waals surface area contributed by atoms with Crippen LogP contribution in [0.1, 0.15) is 26.5 Å². The number of hydrogen-bond acceptors (Lipinski definition) is 4. The molecule has 1 aromatic carbocycles. The van der Waals surface area contributed by atoms with Crippen molar-refractivity contribution in [3.63, 3.8) is 0 Å². The highest BCUT2D eigenvalue weighted by Gasteiger charge is 2.15. The van der Waals surface area contributed by atoms with E-state index in [1.165, 1.54) is 0 Å². The van der Waals surface area contributed by atoms with E-state index < -0.39 is 5.97 Å². The molecule has 0 saturated heterocycles. The number of nitrogens with one attached hydrogen (secondary N) is 1. The van der Waals surface area contributed by atoms with Crippen LogP contribution in [0.3, 0.4) is 0 Å². The molecule has 19 heavy (non-hydrogen) atoms. The van der Waals surface area contributed by atoms with Gasteiger partial charge < -0.3 is 10.4 Å². The summed E-state index contributed by atoms with van der Waals surface area (Å²) in [6.07, 6.45) is 0. The molecule has 0 saturated carbocycles. The van der Waals surface area contributed by atoms with Crippen molar-refractivity contribution in [3.8, 4) is 0 Å². The number of aromatic nitrogens is 1. The van der Waals surface area contributed by atoms with Gasteiger partial charge in [0, 0.05) is 4.47 Å². The molecule has 0 fully saturated rings. The summed E-state index contributed by atoms with van der Waals surface area (Å²) in [5.74, 6) is -0.942. The van der Waals surface area contributed by atoms with Crippen LogP contribution in [0.15, 0.2) is 16.6 Å². The average Bonchev–Trinajstić information content (AvgIpc) is 2.65. The van der Waals surface area contributed by atoms with Crippen LogP contribution in [-0.2, 0) is 0 Å². The van der Waals surface area contributed by atoms with Crippen molar-refractivity contribution < 1.29 is 9.90 Å². The zero-order valence-corrected chi connectivity index (χ0v) is 13.1. The second kappa shape index (κ2) is 5.30. The number of thiazole rings is 1. The van der Waals surface area contributed by atoms with E-state index >= 15 is 0 Å². The van der Waals surface area contributed by atoms with Crippen molar-refractivity contribution in [3.05, 3.63) is 38.3 Å². The maximum Gasteiger partial charge on any atom is 0.347 e. The Labute approximate surface area is 123 Å². The summed E-state index contributed by atoms with van der Waals surface area (Å²) < 4.78 is 0.940. The van der Waals surface area contributed by atoms with E-state index in [0.29, 0.717) is 10.8 Å². The lowest BCUT2D eigenvalue weighted by molar-refractivity contribution is 0.0701. The van der Waals surface area contributed by atoms with Crippen LogP contribution in [0.25, 0.3) is 0 Å². The highest BCUT2D eigenvalue weighted by atomic mass is 79.9. The van der Waals surface area contributed by atoms with Crippen molar-refractivity contribution in [2.24, 2.45) is 0 Å². The Morgan fingerprint density at radius 1 is 1.37 bits per heavy atom. The number of halogens is 1. The highest BCUT2D eigenvalue weighted by Crippen LogP contribution is 2.33. The van der Waals surface area contributed by atoms with Crippen molar-refractivity contribution in [2.75, 3.05) is 5.32 Å². The van der Waals surface area contributed by atoms with Gasteiger partial charge in [-0.1, -0.05) is 17.4 Å². The third kappa shape index (κ3) is 2.96. The zero-order chi connectivity index (χ0) is 14.2. The average molecular weight is 341 g/mol. The van der Waals surface area contributed by atoms with E-state index in [-0.39, 0.29) is 4.88 Å². The lowest BCUT2D eigenvalue weighted by Gasteiger charge is -2.10. The normalized spacial score (nSPS) is 10.5. The number of aromatic carboxylic acids is 1. The first-order valence-electron chi connectivity index (χ1n) is 5.63. The predicted molar refractivity (Wildman–Crippen MR) is 80.7 cm³/mol. The summed E-state index contributed by atoms with van der Waals surface area (Å²) in [6.45, 7) is 5.72. The smallest absolute Gasteiger partial charge is 0.347 e. The Bertz CT molecular complexity index is 629. The first-order chi connectivity index (χ1) is 8.88. The molecule has 0 amide bonds. The second-order valence-corrected chi connectivity index (χ2v) is 6.16. The van der Waals surface area contributed by atoms with E-state index in [0.717, 1.165) is 32.6 Å². The molecule has 1 aromatic heterocycles. The first-order valence-corrected chi connectivity index (χ1v) is 7.24. The molecule has 2 aromatic rings. The van der Waals surface area contributed by atoms with Crippen LogP contribution < -0.4 is 5.32 Å². The van der Waals surface area contributed by atoms with E-state index in [1.54, 1.807) is 6.92 Å². The number of carboxylic acid groups (broad SMARTS) is 1. The summed E-state index contributed by atoms with van der Waals surface area (Å²) in [4.78, 5) is 15.5. The van der Waals surface area contributed by atoms with Gasteiger partial charge in [-0.05, 0) is 53.9 Å². The van der Waals surface area contributed by atoms with Gasteiger partial charge in [-0.25, -0.2) is 9.78 Å². The minimum absolute atomic E-state index is 0.267. The Morgan fingerprint density at radius 2 is 2.05 bits per heavy atom. The van der Waals surface area contributed by atoms with Crippen molar-refractivity contribution >= 4 is 44.1 Å². The van der Waals surface area contributed by atoms with Crippen molar-refractivity contribution in [1.29, 1.82) is 0 Å². The van der Waals surface area contributed by atoms with Gasteiger partial charge in [-0.2, -0.15) is 0 Å². The largest absolute Gasteiger partial charge is 0.477 e. The minimum atomic E-state index is -0.942. The van der Waals surface area contributed by atoms with E-state index in [9.17, 15) is 4.79 Å². The van der Waals surface area contributed by atoms with Crippen LogP contribution in [-0.4, -0.2) is 16.1 Å². The third-order valence-corrected chi connectivity index (χ3v) is 4.34. The Kier molecular flexibility index (Phi) is 3.91. The molecule has 0 unspecified atom stereocenters. The maximum atomic E-state index is 11.0. The molecule has 0 spiro atoms. The molecular formula is C13H13BrN2O2S. The summed E-state index contributed by atoms with van der Waals surface area (Å²) in [7, 11) is 0. The molecule has 0 bridgehead atoms. The first kappa shape index (κ1) is 14.0. The predicted octanol–water partition coefficient (Wildman–Crippen LogP) is 4.27. The van der Waals surface area contributed by atoms with Gasteiger partial charge in [0.1, 0.15) is 4.88 Å². The van der Waals surface area contributed by atoms with Crippen molar-refractivity contribution in [2.45, 2.75) is 20.8 Å². The number of carboxylic acids is 1. The molecule has 1 heterocycles. The van der Waals surface area contributed by atoms with Crippen LogP contribution in [0.2, 0.25) is 0 Å². The topological polar surface area (TPSA) is 62.2 Å². The fraction of sp³-hybridized carbons (Fsp3) is 0.231. The van der Waals surface area contributed by atoms with Crippen molar-refractivity contribution in [1.82, 2.24) is 4.98 Å².